The van der Waals surface area contributed by atoms with Gasteiger partial charge in [0.05, 0.1) is 17.9 Å². The van der Waals surface area contributed by atoms with Crippen LogP contribution in [0.4, 0.5) is 13.2 Å². The summed E-state index contributed by atoms with van der Waals surface area (Å²) >= 11 is 0. The first-order chi connectivity index (χ1) is 8.09. The fourth-order valence-corrected chi connectivity index (χ4v) is 2.05. The van der Waals surface area contributed by atoms with Crippen LogP contribution in [0.5, 0.6) is 5.75 Å². The predicted octanol–water partition coefficient (Wildman–Crippen LogP) is 3.25. The molecule has 0 N–H and O–H groups in total. The lowest BCUT2D eigenvalue weighted by molar-refractivity contribution is -0.139. The zero-order valence-corrected chi connectivity index (χ0v) is 10.9. The van der Waals surface area contributed by atoms with E-state index in [1.54, 1.807) is 0 Å². The van der Waals surface area contributed by atoms with Gasteiger partial charge in [-0.2, -0.15) is 13.2 Å². The second-order valence-corrected chi connectivity index (χ2v) is 6.14. The summed E-state index contributed by atoms with van der Waals surface area (Å²) in [6, 6.07) is 3.70. The predicted molar refractivity (Wildman–Crippen MR) is 60.4 cm³/mol. The molecule has 1 aromatic rings. The van der Waals surface area contributed by atoms with Crippen LogP contribution in [0.15, 0.2) is 23.1 Å². The molecule has 0 amide bonds. The molecule has 0 aliphatic carbocycles. The number of aryl methyl sites for hydroxylation is 1. The normalized spacial score (nSPS) is 12.5. The van der Waals surface area contributed by atoms with Crippen molar-refractivity contribution in [1.82, 2.24) is 0 Å². The molecule has 1 rings (SSSR count). The highest BCUT2D eigenvalue weighted by Gasteiger charge is 2.27. The molecule has 0 atom stereocenters. The van der Waals surface area contributed by atoms with Crippen LogP contribution in [0.3, 0.4) is 0 Å². The molecule has 0 aliphatic rings. The Labute approximate surface area is 107 Å². The highest BCUT2D eigenvalue weighted by Crippen LogP contribution is 2.25. The molecular weight excluding hydrogens is 293 g/mol. The van der Waals surface area contributed by atoms with Gasteiger partial charge in [-0.15, -0.1) is 0 Å². The van der Waals surface area contributed by atoms with Crippen LogP contribution in [-0.2, 0) is 9.05 Å². The van der Waals surface area contributed by atoms with Gasteiger partial charge in [0.15, 0.2) is 0 Å². The second kappa shape index (κ2) is 5.36. The zero-order valence-electron chi connectivity index (χ0n) is 9.29. The van der Waals surface area contributed by atoms with E-state index in [9.17, 15) is 21.6 Å². The van der Waals surface area contributed by atoms with E-state index in [1.807, 2.05) is 0 Å². The van der Waals surface area contributed by atoms with Crippen LogP contribution in [0.25, 0.3) is 0 Å². The first-order valence-electron chi connectivity index (χ1n) is 4.84. The highest BCUT2D eigenvalue weighted by molar-refractivity contribution is 8.13. The lowest BCUT2D eigenvalue weighted by Gasteiger charge is -2.11. The number of ether oxygens (including phenoxy) is 1. The van der Waals surface area contributed by atoms with E-state index in [0.717, 1.165) is 0 Å². The molecule has 0 aromatic heterocycles. The third-order valence-corrected chi connectivity index (χ3v) is 3.42. The number of hydrogen-bond acceptors (Lipinski definition) is 3. The maximum atomic E-state index is 11.9. The van der Waals surface area contributed by atoms with Gasteiger partial charge in [0.2, 0.25) is 0 Å². The molecule has 1 aromatic carbocycles. The molecule has 3 nitrogen and oxygen atoms in total. The minimum Gasteiger partial charge on any atom is -0.493 e. The Morgan fingerprint density at radius 1 is 1.33 bits per heavy atom. The molecule has 0 saturated carbocycles. The SMILES string of the molecule is Cc1cc(S(=O)(=O)Cl)ccc1OCCC(F)(F)F. The van der Waals surface area contributed by atoms with Crippen LogP contribution in [-0.4, -0.2) is 21.2 Å². The summed E-state index contributed by atoms with van der Waals surface area (Å²) in [6.07, 6.45) is -5.35. The highest BCUT2D eigenvalue weighted by atomic mass is 35.7. The Hall–Kier alpha value is -0.950. The van der Waals surface area contributed by atoms with Crippen LogP contribution < -0.4 is 4.74 Å². The van der Waals surface area contributed by atoms with Crippen molar-refractivity contribution in [2.45, 2.75) is 24.4 Å². The fourth-order valence-electron chi connectivity index (χ4n) is 1.21. The minimum absolute atomic E-state index is 0.121. The Bertz CT molecular complexity index is 526. The number of benzene rings is 1. The Morgan fingerprint density at radius 2 is 1.94 bits per heavy atom. The maximum absolute atomic E-state index is 11.9. The Balaban J connectivity index is 2.75. The lowest BCUT2D eigenvalue weighted by Crippen LogP contribution is -2.13. The van der Waals surface area contributed by atoms with Gasteiger partial charge in [-0.05, 0) is 30.7 Å². The molecule has 18 heavy (non-hydrogen) atoms. The van der Waals surface area contributed by atoms with E-state index in [1.165, 1.54) is 25.1 Å². The summed E-state index contributed by atoms with van der Waals surface area (Å²) in [5.41, 5.74) is 0.402. The molecule has 0 unspecified atom stereocenters. The third-order valence-electron chi connectivity index (χ3n) is 2.07. The Morgan fingerprint density at radius 3 is 2.39 bits per heavy atom. The largest absolute Gasteiger partial charge is 0.493 e. The van der Waals surface area contributed by atoms with Crippen molar-refractivity contribution in [3.8, 4) is 5.75 Å². The number of rotatable bonds is 4. The molecule has 0 heterocycles. The van der Waals surface area contributed by atoms with Crippen molar-refractivity contribution in [2.24, 2.45) is 0 Å². The minimum atomic E-state index is -4.28. The van der Waals surface area contributed by atoms with E-state index in [2.05, 4.69) is 0 Å². The van der Waals surface area contributed by atoms with E-state index in [4.69, 9.17) is 15.4 Å². The lowest BCUT2D eigenvalue weighted by atomic mass is 10.2. The standard InChI is InChI=1S/C10H10ClF3O3S/c1-7-6-8(18(11,15)16)2-3-9(7)17-5-4-10(12,13)14/h2-3,6H,4-5H2,1H3. The van der Waals surface area contributed by atoms with Crippen molar-refractivity contribution >= 4 is 19.7 Å². The number of hydrogen-bond donors (Lipinski definition) is 0. The van der Waals surface area contributed by atoms with E-state index in [-0.39, 0.29) is 10.6 Å². The van der Waals surface area contributed by atoms with Gasteiger partial charge >= 0.3 is 6.18 Å². The molecule has 0 saturated heterocycles. The average molecular weight is 303 g/mol. The van der Waals surface area contributed by atoms with Crippen LogP contribution in [0, 0.1) is 6.92 Å². The van der Waals surface area contributed by atoms with Gasteiger partial charge in [0.25, 0.3) is 9.05 Å². The van der Waals surface area contributed by atoms with Gasteiger partial charge in [-0.1, -0.05) is 0 Å². The summed E-state index contributed by atoms with van der Waals surface area (Å²) in [4.78, 5) is -0.121. The smallest absolute Gasteiger partial charge is 0.392 e. The van der Waals surface area contributed by atoms with Gasteiger partial charge in [-0.25, -0.2) is 8.42 Å². The maximum Gasteiger partial charge on any atom is 0.392 e. The van der Waals surface area contributed by atoms with E-state index in [0.29, 0.717) is 5.56 Å². The molecule has 0 spiro atoms. The monoisotopic (exact) mass is 302 g/mol. The zero-order chi connectivity index (χ0) is 14.0. The van der Waals surface area contributed by atoms with Gasteiger partial charge in [-0.3, -0.25) is 0 Å². The molecular formula is C10H10ClF3O3S. The molecule has 0 bridgehead atoms. The van der Waals surface area contributed by atoms with Gasteiger partial charge in [0, 0.05) is 10.7 Å². The second-order valence-electron chi connectivity index (χ2n) is 3.58. The molecule has 0 fully saturated rings. The third kappa shape index (κ3) is 4.73. The first kappa shape index (κ1) is 15.1. The molecule has 102 valence electrons. The summed E-state index contributed by atoms with van der Waals surface area (Å²) in [5, 5.41) is 0. The van der Waals surface area contributed by atoms with Crippen molar-refractivity contribution < 1.29 is 26.3 Å². The molecule has 0 radical (unpaired) electrons. The van der Waals surface area contributed by atoms with Crippen LogP contribution in [0.1, 0.15) is 12.0 Å². The first-order valence-corrected chi connectivity index (χ1v) is 7.15. The van der Waals surface area contributed by atoms with Crippen LogP contribution in [0.2, 0.25) is 0 Å². The number of alkyl halides is 3. The fraction of sp³-hybridized carbons (Fsp3) is 0.400. The average Bonchev–Trinajstić information content (AvgIpc) is 2.17. The van der Waals surface area contributed by atoms with E-state index >= 15 is 0 Å². The van der Waals surface area contributed by atoms with E-state index < -0.39 is 28.3 Å². The van der Waals surface area contributed by atoms with Crippen molar-refractivity contribution in [3.63, 3.8) is 0 Å². The quantitative estimate of drug-likeness (QED) is 0.802. The molecule has 8 heteroatoms. The number of halogens is 4. The van der Waals surface area contributed by atoms with Gasteiger partial charge < -0.3 is 4.74 Å². The van der Waals surface area contributed by atoms with Crippen molar-refractivity contribution in [2.75, 3.05) is 6.61 Å². The Kier molecular flexibility index (Phi) is 4.50. The van der Waals surface area contributed by atoms with Crippen LogP contribution >= 0.6 is 10.7 Å². The van der Waals surface area contributed by atoms with Crippen molar-refractivity contribution in [1.29, 1.82) is 0 Å². The summed E-state index contributed by atoms with van der Waals surface area (Å²) in [6.45, 7) is 1.01. The molecule has 0 aliphatic heterocycles. The van der Waals surface area contributed by atoms with Crippen molar-refractivity contribution in [3.05, 3.63) is 23.8 Å². The summed E-state index contributed by atoms with van der Waals surface area (Å²) in [5.74, 6) is 0.198. The summed E-state index contributed by atoms with van der Waals surface area (Å²) < 4.78 is 62.7. The van der Waals surface area contributed by atoms with Gasteiger partial charge in [0.1, 0.15) is 5.75 Å². The summed E-state index contributed by atoms with van der Waals surface area (Å²) in [7, 11) is 1.28. The topological polar surface area (TPSA) is 43.4 Å².